The number of H-pyrrole nitrogens is 1. The lowest BCUT2D eigenvalue weighted by Crippen LogP contribution is -2.16. The van der Waals surface area contributed by atoms with Crippen LogP contribution >= 0.6 is 0 Å². The van der Waals surface area contributed by atoms with Crippen molar-refractivity contribution in [2.45, 2.75) is 0 Å². The highest BCUT2D eigenvalue weighted by molar-refractivity contribution is 5.91. The smallest absolute Gasteiger partial charge is 0.341 e. The molecule has 0 aliphatic heterocycles. The Morgan fingerprint density at radius 3 is 2.80 bits per heavy atom. The first-order chi connectivity index (χ1) is 9.66. The molecule has 0 radical (unpaired) electrons. The maximum Gasteiger partial charge on any atom is 0.341 e. The van der Waals surface area contributed by atoms with E-state index in [0.29, 0.717) is 11.5 Å². The van der Waals surface area contributed by atoms with Crippen molar-refractivity contribution in [3.63, 3.8) is 0 Å². The molecule has 98 valence electrons. The van der Waals surface area contributed by atoms with E-state index >= 15 is 0 Å². The molecule has 0 unspecified atom stereocenters. The second kappa shape index (κ2) is 4.54. The zero-order valence-corrected chi connectivity index (χ0v) is 10.1. The number of carboxylic acids is 1. The van der Waals surface area contributed by atoms with Gasteiger partial charge in [-0.2, -0.15) is 0 Å². The van der Waals surface area contributed by atoms with Gasteiger partial charge >= 0.3 is 5.97 Å². The monoisotopic (exact) mass is 268 g/mol. The lowest BCUT2D eigenvalue weighted by molar-refractivity contribution is 0.0695. The number of rotatable bonds is 2. The molecule has 0 saturated heterocycles. The third kappa shape index (κ3) is 1.91. The number of aromatic nitrogens is 4. The fourth-order valence-electron chi connectivity index (χ4n) is 1.79. The number of hydrogen-bond donors (Lipinski definition) is 2. The Hall–Kier alpha value is -3.09. The lowest BCUT2D eigenvalue weighted by Gasteiger charge is -2.02. The molecule has 0 aromatic carbocycles. The van der Waals surface area contributed by atoms with Crippen LogP contribution in [0.25, 0.3) is 22.6 Å². The van der Waals surface area contributed by atoms with Crippen LogP contribution in [0.5, 0.6) is 0 Å². The number of aromatic carboxylic acids is 1. The largest absolute Gasteiger partial charge is 0.477 e. The standard InChI is InChI=1S/C13H8N4O3/c18-10-7-5-16-12(9-3-1-2-4-14-9)17-11(7)15-6-8(10)13(19)20/h1-6H,(H,19,20)(H,15,16,17,18). The number of nitrogens with zero attached hydrogens (tertiary/aromatic N) is 3. The SMILES string of the molecule is O=C(O)c1c[nH]c2nc(-c3ccccn3)ncc2c1=O. The second-order valence-corrected chi connectivity index (χ2v) is 4.01. The first-order valence-electron chi connectivity index (χ1n) is 5.70. The van der Waals surface area contributed by atoms with Crippen LogP contribution < -0.4 is 5.43 Å². The first kappa shape index (κ1) is 12.0. The van der Waals surface area contributed by atoms with Gasteiger partial charge in [-0.05, 0) is 12.1 Å². The van der Waals surface area contributed by atoms with Gasteiger partial charge < -0.3 is 10.1 Å². The highest BCUT2D eigenvalue weighted by atomic mass is 16.4. The normalized spacial score (nSPS) is 10.6. The topological polar surface area (TPSA) is 109 Å². The maximum absolute atomic E-state index is 11.9. The van der Waals surface area contributed by atoms with E-state index in [-0.39, 0.29) is 16.6 Å². The van der Waals surface area contributed by atoms with Crippen molar-refractivity contribution in [2.24, 2.45) is 0 Å². The molecule has 3 heterocycles. The number of aromatic amines is 1. The van der Waals surface area contributed by atoms with Crippen molar-refractivity contribution >= 4 is 17.0 Å². The highest BCUT2D eigenvalue weighted by Gasteiger charge is 2.13. The Morgan fingerprint density at radius 1 is 1.25 bits per heavy atom. The van der Waals surface area contributed by atoms with E-state index in [1.165, 1.54) is 6.20 Å². The van der Waals surface area contributed by atoms with Gasteiger partial charge in [0.1, 0.15) is 16.9 Å². The summed E-state index contributed by atoms with van der Waals surface area (Å²) >= 11 is 0. The molecule has 20 heavy (non-hydrogen) atoms. The van der Waals surface area contributed by atoms with Gasteiger partial charge in [0, 0.05) is 18.6 Å². The summed E-state index contributed by atoms with van der Waals surface area (Å²) in [4.78, 5) is 37.8. The summed E-state index contributed by atoms with van der Waals surface area (Å²) in [6, 6.07) is 5.31. The minimum atomic E-state index is -1.29. The number of carbonyl (C=O) groups is 1. The maximum atomic E-state index is 11.9. The zero-order chi connectivity index (χ0) is 14.1. The van der Waals surface area contributed by atoms with Crippen LogP contribution in [0.2, 0.25) is 0 Å². The summed E-state index contributed by atoms with van der Waals surface area (Å²) in [6.45, 7) is 0. The molecule has 7 nitrogen and oxygen atoms in total. The Bertz CT molecular complexity index is 858. The molecular formula is C13H8N4O3. The Labute approximate surface area is 112 Å². The summed E-state index contributed by atoms with van der Waals surface area (Å²) < 4.78 is 0. The van der Waals surface area contributed by atoms with Gasteiger partial charge in [-0.15, -0.1) is 0 Å². The van der Waals surface area contributed by atoms with E-state index in [1.807, 2.05) is 0 Å². The van der Waals surface area contributed by atoms with Gasteiger partial charge in [0.15, 0.2) is 5.82 Å². The predicted octanol–water partition coefficient (Wildman–Crippen LogP) is 1.08. The second-order valence-electron chi connectivity index (χ2n) is 4.01. The van der Waals surface area contributed by atoms with Gasteiger partial charge in [0.25, 0.3) is 0 Å². The summed E-state index contributed by atoms with van der Waals surface area (Å²) in [5.41, 5.74) is -0.112. The predicted molar refractivity (Wildman–Crippen MR) is 70.3 cm³/mol. The van der Waals surface area contributed by atoms with Crippen LogP contribution in [-0.2, 0) is 0 Å². The minimum Gasteiger partial charge on any atom is -0.477 e. The van der Waals surface area contributed by atoms with Crippen molar-refractivity contribution in [1.82, 2.24) is 19.9 Å². The van der Waals surface area contributed by atoms with Crippen LogP contribution in [0.3, 0.4) is 0 Å². The van der Waals surface area contributed by atoms with Crippen molar-refractivity contribution in [1.29, 1.82) is 0 Å². The number of hydrogen-bond acceptors (Lipinski definition) is 5. The minimum absolute atomic E-state index is 0.129. The number of nitrogens with one attached hydrogen (secondary N) is 1. The molecule has 7 heteroatoms. The quantitative estimate of drug-likeness (QED) is 0.719. The third-order valence-electron chi connectivity index (χ3n) is 2.76. The number of fused-ring (bicyclic) bond motifs is 1. The molecule has 3 rings (SSSR count). The van der Waals surface area contributed by atoms with Crippen LogP contribution in [0.4, 0.5) is 0 Å². The first-order valence-corrected chi connectivity index (χ1v) is 5.70. The van der Waals surface area contributed by atoms with E-state index in [4.69, 9.17) is 5.11 Å². The summed E-state index contributed by atoms with van der Waals surface area (Å²) in [5.74, 6) is -0.932. The number of pyridine rings is 2. The zero-order valence-electron chi connectivity index (χ0n) is 10.1. The van der Waals surface area contributed by atoms with Crippen LogP contribution in [0.15, 0.2) is 41.6 Å². The molecule has 0 atom stereocenters. The summed E-state index contributed by atoms with van der Waals surface area (Å²) in [7, 11) is 0. The molecule has 3 aromatic rings. The highest BCUT2D eigenvalue weighted by Crippen LogP contribution is 2.13. The van der Waals surface area contributed by atoms with Crippen molar-refractivity contribution in [3.8, 4) is 11.5 Å². The molecular weight excluding hydrogens is 260 g/mol. The van der Waals surface area contributed by atoms with Crippen molar-refractivity contribution in [2.75, 3.05) is 0 Å². The van der Waals surface area contributed by atoms with E-state index in [1.54, 1.807) is 24.4 Å². The average Bonchev–Trinajstić information content (AvgIpc) is 2.48. The van der Waals surface area contributed by atoms with Gasteiger partial charge in [-0.1, -0.05) is 6.07 Å². The van der Waals surface area contributed by atoms with E-state index in [2.05, 4.69) is 19.9 Å². The van der Waals surface area contributed by atoms with Crippen molar-refractivity contribution in [3.05, 3.63) is 52.6 Å². The van der Waals surface area contributed by atoms with Gasteiger partial charge in [0.2, 0.25) is 5.43 Å². The molecule has 0 spiro atoms. The van der Waals surface area contributed by atoms with E-state index in [0.717, 1.165) is 6.20 Å². The van der Waals surface area contributed by atoms with Gasteiger partial charge in [-0.25, -0.2) is 14.8 Å². The van der Waals surface area contributed by atoms with Crippen LogP contribution in [0, 0.1) is 0 Å². The molecule has 0 aliphatic rings. The van der Waals surface area contributed by atoms with E-state index in [9.17, 15) is 9.59 Å². The Balaban J connectivity index is 2.22. The van der Waals surface area contributed by atoms with Gasteiger partial charge in [-0.3, -0.25) is 9.78 Å². The molecule has 0 amide bonds. The fraction of sp³-hybridized carbons (Fsp3) is 0. The molecule has 0 bridgehead atoms. The summed E-state index contributed by atoms with van der Waals surface area (Å²) in [5, 5.41) is 9.02. The summed E-state index contributed by atoms with van der Waals surface area (Å²) in [6.07, 6.45) is 4.04. The van der Waals surface area contributed by atoms with Crippen LogP contribution in [-0.4, -0.2) is 31.0 Å². The fourth-order valence-corrected chi connectivity index (χ4v) is 1.79. The Kier molecular flexibility index (Phi) is 2.72. The molecule has 3 aromatic heterocycles. The Morgan fingerprint density at radius 2 is 2.10 bits per heavy atom. The van der Waals surface area contributed by atoms with Crippen LogP contribution in [0.1, 0.15) is 10.4 Å². The molecule has 2 N–H and O–H groups in total. The third-order valence-corrected chi connectivity index (χ3v) is 2.76. The lowest BCUT2D eigenvalue weighted by atomic mass is 10.2. The van der Waals surface area contributed by atoms with Crippen molar-refractivity contribution < 1.29 is 9.90 Å². The molecule has 0 aliphatic carbocycles. The average molecular weight is 268 g/mol. The molecule has 0 saturated carbocycles. The van der Waals surface area contributed by atoms with Gasteiger partial charge in [0.05, 0.1) is 5.39 Å². The van der Waals surface area contributed by atoms with E-state index < -0.39 is 11.4 Å². The number of carboxylic acid groups (broad SMARTS) is 1. The molecule has 0 fully saturated rings.